The lowest BCUT2D eigenvalue weighted by molar-refractivity contribution is -0.313. The molecule has 5 rings (SSSR count). The molecule has 0 amide bonds. The molecule has 3 saturated carbocycles. The maximum Gasteiger partial charge on any atom is 0.186 e. The average molecular weight is 597 g/mol. The SMILES string of the molecule is CC(CO)CC[C@H](O)[C@@H](C)[C@H]1C(O)C[C@H]2[C@@H]3CC=C4C[C@@H](O[C@@H]5O[C@H](CO)[C@@H](O)[C@H](O)[C@H]5O)CC[C@]4(C)[C@H]3CC[C@]12C. The Labute approximate surface area is 250 Å². The topological polar surface area (TPSA) is 160 Å². The highest BCUT2D eigenvalue weighted by Crippen LogP contribution is 2.67. The van der Waals surface area contributed by atoms with E-state index in [0.29, 0.717) is 24.2 Å². The molecule has 9 heteroatoms. The minimum absolute atomic E-state index is 0.00210. The van der Waals surface area contributed by atoms with Gasteiger partial charge in [0.05, 0.1) is 24.9 Å². The molecule has 16 atom stereocenters. The van der Waals surface area contributed by atoms with E-state index in [2.05, 4.69) is 26.8 Å². The van der Waals surface area contributed by atoms with Gasteiger partial charge in [-0.1, -0.05) is 39.3 Å². The number of fused-ring (bicyclic) bond motifs is 5. The number of aliphatic hydroxyl groups is 7. The summed E-state index contributed by atoms with van der Waals surface area (Å²) in [5, 5.41) is 72.3. The lowest BCUT2D eigenvalue weighted by Crippen LogP contribution is -2.60. The third-order valence-corrected chi connectivity index (χ3v) is 12.8. The fourth-order valence-electron chi connectivity index (χ4n) is 10.2. The van der Waals surface area contributed by atoms with Crippen molar-refractivity contribution in [1.29, 1.82) is 0 Å². The van der Waals surface area contributed by atoms with Crippen molar-refractivity contribution in [2.45, 2.75) is 135 Å². The summed E-state index contributed by atoms with van der Waals surface area (Å²) in [6.45, 7) is 8.52. The lowest BCUT2D eigenvalue weighted by Gasteiger charge is -2.58. The molecule has 7 N–H and O–H groups in total. The van der Waals surface area contributed by atoms with Crippen LogP contribution in [0, 0.1) is 46.3 Å². The molecule has 0 spiro atoms. The van der Waals surface area contributed by atoms with Gasteiger partial charge in [0.25, 0.3) is 0 Å². The van der Waals surface area contributed by atoms with Crippen LogP contribution in [-0.4, -0.2) is 98.0 Å². The molecule has 0 bridgehead atoms. The van der Waals surface area contributed by atoms with Gasteiger partial charge < -0.3 is 45.2 Å². The molecule has 0 aromatic carbocycles. The Morgan fingerprint density at radius 1 is 0.976 bits per heavy atom. The maximum absolute atomic E-state index is 11.4. The zero-order chi connectivity index (χ0) is 30.6. The van der Waals surface area contributed by atoms with E-state index in [0.717, 1.165) is 51.4 Å². The molecule has 0 radical (unpaired) electrons. The third-order valence-electron chi connectivity index (χ3n) is 12.8. The molecular weight excluding hydrogens is 540 g/mol. The first-order valence-corrected chi connectivity index (χ1v) is 16.5. The first-order valence-electron chi connectivity index (χ1n) is 16.5. The van der Waals surface area contributed by atoms with Gasteiger partial charge in [0.2, 0.25) is 0 Å². The van der Waals surface area contributed by atoms with E-state index in [9.17, 15) is 35.7 Å². The number of hydrogen-bond donors (Lipinski definition) is 7. The maximum atomic E-state index is 11.4. The Morgan fingerprint density at radius 2 is 1.71 bits per heavy atom. The number of hydrogen-bond acceptors (Lipinski definition) is 9. The van der Waals surface area contributed by atoms with E-state index in [4.69, 9.17) is 9.47 Å². The number of allylic oxidation sites excluding steroid dienone is 1. The summed E-state index contributed by atoms with van der Waals surface area (Å²) in [6.07, 6.45) is 2.74. The smallest absolute Gasteiger partial charge is 0.186 e. The van der Waals surface area contributed by atoms with Gasteiger partial charge in [0, 0.05) is 6.61 Å². The monoisotopic (exact) mass is 596 g/mol. The van der Waals surface area contributed by atoms with E-state index >= 15 is 0 Å². The molecule has 1 aliphatic heterocycles. The zero-order valence-corrected chi connectivity index (χ0v) is 25.9. The van der Waals surface area contributed by atoms with Crippen LogP contribution in [0.15, 0.2) is 11.6 Å². The Hall–Kier alpha value is -0.620. The molecule has 4 aliphatic carbocycles. The summed E-state index contributed by atoms with van der Waals surface area (Å²) in [6, 6.07) is 0. The van der Waals surface area contributed by atoms with Crippen molar-refractivity contribution in [1.82, 2.24) is 0 Å². The van der Waals surface area contributed by atoms with Crippen molar-refractivity contribution in [3.8, 4) is 0 Å². The Kier molecular flexibility index (Phi) is 9.86. The van der Waals surface area contributed by atoms with E-state index in [1.807, 2.05) is 6.92 Å². The van der Waals surface area contributed by atoms with E-state index in [1.165, 1.54) is 5.57 Å². The van der Waals surface area contributed by atoms with E-state index < -0.39 is 49.5 Å². The highest BCUT2D eigenvalue weighted by molar-refractivity contribution is 5.26. The van der Waals surface area contributed by atoms with Gasteiger partial charge in [-0.15, -0.1) is 0 Å². The number of ether oxygens (including phenoxy) is 2. The minimum Gasteiger partial charge on any atom is -0.396 e. The summed E-state index contributed by atoms with van der Waals surface area (Å²) in [5.41, 5.74) is 1.40. The summed E-state index contributed by atoms with van der Waals surface area (Å²) >= 11 is 0. The van der Waals surface area contributed by atoms with Gasteiger partial charge in [-0.25, -0.2) is 0 Å². The molecule has 4 fully saturated rings. The van der Waals surface area contributed by atoms with Gasteiger partial charge in [-0.2, -0.15) is 0 Å². The highest BCUT2D eigenvalue weighted by atomic mass is 16.7. The van der Waals surface area contributed by atoms with Gasteiger partial charge in [0.1, 0.15) is 24.4 Å². The Morgan fingerprint density at radius 3 is 2.40 bits per heavy atom. The Bertz CT molecular complexity index is 958. The molecule has 242 valence electrons. The average Bonchev–Trinajstić information content (AvgIpc) is 3.25. The molecule has 0 aromatic rings. The molecule has 42 heavy (non-hydrogen) atoms. The fourth-order valence-corrected chi connectivity index (χ4v) is 10.2. The summed E-state index contributed by atoms with van der Waals surface area (Å²) < 4.78 is 11.8. The van der Waals surface area contributed by atoms with Crippen LogP contribution in [0.25, 0.3) is 0 Å². The van der Waals surface area contributed by atoms with Crippen molar-refractivity contribution >= 4 is 0 Å². The highest BCUT2D eigenvalue weighted by Gasteiger charge is 2.62. The van der Waals surface area contributed by atoms with Crippen LogP contribution in [0.4, 0.5) is 0 Å². The van der Waals surface area contributed by atoms with Crippen LogP contribution in [0.1, 0.15) is 85.5 Å². The molecular formula is C33H56O9. The first-order chi connectivity index (χ1) is 19.8. The van der Waals surface area contributed by atoms with Crippen molar-refractivity contribution in [2.24, 2.45) is 46.3 Å². The van der Waals surface area contributed by atoms with E-state index in [1.54, 1.807) is 0 Å². The van der Waals surface area contributed by atoms with Crippen LogP contribution >= 0.6 is 0 Å². The number of rotatable bonds is 9. The van der Waals surface area contributed by atoms with Gasteiger partial charge in [-0.05, 0) is 104 Å². The third kappa shape index (κ3) is 5.64. The number of aliphatic hydroxyl groups excluding tert-OH is 7. The molecule has 0 aromatic heterocycles. The van der Waals surface area contributed by atoms with Crippen LogP contribution in [0.3, 0.4) is 0 Å². The molecule has 5 aliphatic rings. The summed E-state index contributed by atoms with van der Waals surface area (Å²) in [5.74, 6) is 1.63. The predicted octanol–water partition coefficient (Wildman–Crippen LogP) is 2.13. The second-order valence-electron chi connectivity index (χ2n) is 15.1. The molecule has 9 nitrogen and oxygen atoms in total. The van der Waals surface area contributed by atoms with Gasteiger partial charge in [-0.3, -0.25) is 0 Å². The standard InChI is InChI=1S/C33H56O9/c1-17(15-34)5-8-24(36)18(2)27-25(37)14-23-21-7-6-19-13-20(9-11-32(19,3)22(21)10-12-33(23,27)4)41-31-30(40)29(39)28(38)26(16-35)42-31/h6,17-18,20-31,34-40H,5,7-16H2,1-4H3/t17?,18-,20+,21-,22+,23+,24+,25?,26-,27+,28-,29+,30-,31-,32+,33+/m1/s1. The van der Waals surface area contributed by atoms with Gasteiger partial charge in [0.15, 0.2) is 6.29 Å². The first kappa shape index (κ1) is 32.8. The van der Waals surface area contributed by atoms with Crippen LogP contribution in [-0.2, 0) is 9.47 Å². The summed E-state index contributed by atoms with van der Waals surface area (Å²) in [7, 11) is 0. The normalized spacial score (nSPS) is 49.3. The van der Waals surface area contributed by atoms with Crippen LogP contribution in [0.2, 0.25) is 0 Å². The second-order valence-corrected chi connectivity index (χ2v) is 15.1. The van der Waals surface area contributed by atoms with Crippen molar-refractivity contribution in [3.63, 3.8) is 0 Å². The molecule has 1 saturated heterocycles. The Balaban J connectivity index is 1.27. The van der Waals surface area contributed by atoms with Crippen molar-refractivity contribution < 1.29 is 45.2 Å². The van der Waals surface area contributed by atoms with Crippen LogP contribution < -0.4 is 0 Å². The largest absolute Gasteiger partial charge is 0.396 e. The summed E-state index contributed by atoms with van der Waals surface area (Å²) in [4.78, 5) is 0. The minimum atomic E-state index is -1.44. The second kappa shape index (κ2) is 12.6. The van der Waals surface area contributed by atoms with Crippen molar-refractivity contribution in [3.05, 3.63) is 11.6 Å². The lowest BCUT2D eigenvalue weighted by atomic mass is 9.47. The van der Waals surface area contributed by atoms with Crippen LogP contribution in [0.5, 0.6) is 0 Å². The van der Waals surface area contributed by atoms with Crippen molar-refractivity contribution in [2.75, 3.05) is 13.2 Å². The quantitative estimate of drug-likeness (QED) is 0.198. The zero-order valence-electron chi connectivity index (χ0n) is 25.9. The molecule has 2 unspecified atom stereocenters. The predicted molar refractivity (Wildman–Crippen MR) is 156 cm³/mol. The fraction of sp³-hybridized carbons (Fsp3) is 0.939. The van der Waals surface area contributed by atoms with Gasteiger partial charge >= 0.3 is 0 Å². The van der Waals surface area contributed by atoms with E-state index in [-0.39, 0.29) is 41.3 Å². The molecule has 1 heterocycles.